The van der Waals surface area contributed by atoms with Crippen LogP contribution in [0.2, 0.25) is 0 Å². The van der Waals surface area contributed by atoms with Gasteiger partial charge in [-0.2, -0.15) is 4.31 Å². The summed E-state index contributed by atoms with van der Waals surface area (Å²) in [6.07, 6.45) is 0. The standard InChI is InChI=1S/C26H24N4O3S/c1-19(31)20-11-13-22(14-12-20)34(32,33)30-17-15-29(16-18-30)26-23-9-5-6-10-24(23)27-25(28-26)21-7-3-2-4-8-21/h2-14H,15-18H2,1H3. The van der Waals surface area contributed by atoms with E-state index in [0.29, 0.717) is 37.6 Å². The van der Waals surface area contributed by atoms with Gasteiger partial charge >= 0.3 is 0 Å². The number of sulfonamides is 1. The SMILES string of the molecule is CC(=O)c1ccc(S(=O)(=O)N2CCN(c3nc(-c4ccccc4)nc4ccccc34)CC2)cc1. The molecule has 0 atom stereocenters. The summed E-state index contributed by atoms with van der Waals surface area (Å²) in [7, 11) is -3.64. The van der Waals surface area contributed by atoms with E-state index in [1.165, 1.54) is 23.4 Å². The quantitative estimate of drug-likeness (QED) is 0.408. The van der Waals surface area contributed by atoms with Gasteiger partial charge in [0.15, 0.2) is 11.6 Å². The molecule has 0 unspecified atom stereocenters. The van der Waals surface area contributed by atoms with Crippen LogP contribution in [0.5, 0.6) is 0 Å². The molecular weight excluding hydrogens is 448 g/mol. The number of piperazine rings is 1. The Kier molecular flexibility index (Phi) is 5.85. The fourth-order valence-corrected chi connectivity index (χ4v) is 5.59. The monoisotopic (exact) mass is 472 g/mol. The van der Waals surface area contributed by atoms with E-state index in [4.69, 9.17) is 9.97 Å². The van der Waals surface area contributed by atoms with Gasteiger partial charge in [-0.15, -0.1) is 0 Å². The highest BCUT2D eigenvalue weighted by molar-refractivity contribution is 7.89. The molecule has 4 aromatic rings. The first-order valence-corrected chi connectivity index (χ1v) is 12.6. The summed E-state index contributed by atoms with van der Waals surface area (Å²) in [6, 6.07) is 23.8. The van der Waals surface area contributed by atoms with Gasteiger partial charge in [-0.25, -0.2) is 18.4 Å². The van der Waals surface area contributed by atoms with Crippen LogP contribution in [0.1, 0.15) is 17.3 Å². The zero-order valence-electron chi connectivity index (χ0n) is 18.8. The predicted octanol–water partition coefficient (Wildman–Crippen LogP) is 4.01. The Morgan fingerprint density at radius 3 is 2.12 bits per heavy atom. The number of carbonyl (C=O) groups is 1. The summed E-state index contributed by atoms with van der Waals surface area (Å²) in [4.78, 5) is 23.5. The van der Waals surface area contributed by atoms with Crippen molar-refractivity contribution in [1.82, 2.24) is 14.3 Å². The minimum atomic E-state index is -3.64. The summed E-state index contributed by atoms with van der Waals surface area (Å²) in [5.41, 5.74) is 2.28. The molecule has 0 radical (unpaired) electrons. The number of para-hydroxylation sites is 1. The van der Waals surface area contributed by atoms with E-state index in [1.54, 1.807) is 12.1 Å². The van der Waals surface area contributed by atoms with Gasteiger partial charge in [0, 0.05) is 42.7 Å². The van der Waals surface area contributed by atoms with Crippen molar-refractivity contribution in [2.45, 2.75) is 11.8 Å². The molecule has 0 amide bonds. The topological polar surface area (TPSA) is 83.5 Å². The number of hydrogen-bond acceptors (Lipinski definition) is 6. The van der Waals surface area contributed by atoms with E-state index in [-0.39, 0.29) is 10.7 Å². The summed E-state index contributed by atoms with van der Waals surface area (Å²) in [5, 5.41) is 0.943. The van der Waals surface area contributed by atoms with Gasteiger partial charge in [-0.3, -0.25) is 4.79 Å². The third-order valence-electron chi connectivity index (χ3n) is 6.05. The zero-order valence-corrected chi connectivity index (χ0v) is 19.6. The van der Waals surface area contributed by atoms with E-state index in [1.807, 2.05) is 54.6 Å². The van der Waals surface area contributed by atoms with E-state index in [9.17, 15) is 13.2 Å². The molecule has 0 bridgehead atoms. The molecule has 1 saturated heterocycles. The Morgan fingerprint density at radius 1 is 0.794 bits per heavy atom. The second-order valence-electron chi connectivity index (χ2n) is 8.23. The van der Waals surface area contributed by atoms with Crippen LogP contribution in [0.15, 0.2) is 83.8 Å². The number of fused-ring (bicyclic) bond motifs is 1. The Hall–Kier alpha value is -3.62. The van der Waals surface area contributed by atoms with Crippen LogP contribution in [0, 0.1) is 0 Å². The molecule has 0 spiro atoms. The smallest absolute Gasteiger partial charge is 0.243 e. The third kappa shape index (κ3) is 4.18. The molecule has 34 heavy (non-hydrogen) atoms. The number of carbonyl (C=O) groups excluding carboxylic acids is 1. The maximum atomic E-state index is 13.2. The average Bonchev–Trinajstić information content (AvgIpc) is 2.88. The molecule has 0 aliphatic carbocycles. The van der Waals surface area contributed by atoms with Crippen molar-refractivity contribution in [1.29, 1.82) is 0 Å². The number of hydrogen-bond donors (Lipinski definition) is 0. The van der Waals surface area contributed by atoms with Gasteiger partial charge in [0.2, 0.25) is 10.0 Å². The van der Waals surface area contributed by atoms with Crippen molar-refractivity contribution >= 4 is 32.5 Å². The van der Waals surface area contributed by atoms with Crippen molar-refractivity contribution in [3.8, 4) is 11.4 Å². The molecule has 3 aromatic carbocycles. The van der Waals surface area contributed by atoms with E-state index >= 15 is 0 Å². The van der Waals surface area contributed by atoms with Crippen molar-refractivity contribution in [2.75, 3.05) is 31.1 Å². The number of Topliss-reactive ketones (excluding diaryl/α,β-unsaturated/α-hetero) is 1. The first-order chi connectivity index (χ1) is 16.4. The van der Waals surface area contributed by atoms with Gasteiger partial charge in [-0.1, -0.05) is 54.6 Å². The second kappa shape index (κ2) is 8.96. The summed E-state index contributed by atoms with van der Waals surface area (Å²) < 4.78 is 27.8. The lowest BCUT2D eigenvalue weighted by atomic mass is 10.1. The minimum absolute atomic E-state index is 0.0930. The second-order valence-corrected chi connectivity index (χ2v) is 10.2. The van der Waals surface area contributed by atoms with Gasteiger partial charge in [0.1, 0.15) is 5.82 Å². The van der Waals surface area contributed by atoms with E-state index in [2.05, 4.69) is 4.90 Å². The Morgan fingerprint density at radius 2 is 1.44 bits per heavy atom. The van der Waals surface area contributed by atoms with Crippen LogP contribution < -0.4 is 4.90 Å². The van der Waals surface area contributed by atoms with Crippen LogP contribution in [-0.4, -0.2) is 54.7 Å². The fraction of sp³-hybridized carbons (Fsp3) is 0.192. The van der Waals surface area contributed by atoms with Crippen LogP contribution >= 0.6 is 0 Å². The van der Waals surface area contributed by atoms with Crippen LogP contribution in [0.25, 0.3) is 22.3 Å². The molecule has 0 N–H and O–H groups in total. The molecule has 1 aliphatic rings. The molecule has 0 saturated carbocycles. The van der Waals surface area contributed by atoms with Crippen LogP contribution in [0.4, 0.5) is 5.82 Å². The van der Waals surface area contributed by atoms with Crippen molar-refractivity contribution in [2.24, 2.45) is 0 Å². The third-order valence-corrected chi connectivity index (χ3v) is 7.96. The molecule has 1 aliphatic heterocycles. The zero-order chi connectivity index (χ0) is 23.7. The van der Waals surface area contributed by atoms with Crippen LogP contribution in [0.3, 0.4) is 0 Å². The lowest BCUT2D eigenvalue weighted by Crippen LogP contribution is -2.49. The first kappa shape index (κ1) is 22.2. The molecule has 5 rings (SSSR count). The molecule has 172 valence electrons. The number of aromatic nitrogens is 2. The number of rotatable bonds is 5. The first-order valence-electron chi connectivity index (χ1n) is 11.1. The molecule has 1 fully saturated rings. The summed E-state index contributed by atoms with van der Waals surface area (Å²) in [6.45, 7) is 3.17. The van der Waals surface area contributed by atoms with E-state index in [0.717, 1.165) is 22.3 Å². The number of ketones is 1. The maximum Gasteiger partial charge on any atom is 0.243 e. The van der Waals surface area contributed by atoms with E-state index < -0.39 is 10.0 Å². The average molecular weight is 473 g/mol. The van der Waals surface area contributed by atoms with Gasteiger partial charge in [-0.05, 0) is 31.2 Å². The predicted molar refractivity (Wildman–Crippen MR) is 132 cm³/mol. The Bertz CT molecular complexity index is 1450. The number of nitrogens with zero attached hydrogens (tertiary/aromatic N) is 4. The lowest BCUT2D eigenvalue weighted by molar-refractivity contribution is 0.101. The van der Waals surface area contributed by atoms with Gasteiger partial charge in [0.05, 0.1) is 10.4 Å². The summed E-state index contributed by atoms with van der Waals surface area (Å²) in [5.74, 6) is 1.37. The molecule has 2 heterocycles. The highest BCUT2D eigenvalue weighted by atomic mass is 32.2. The molecule has 8 heteroatoms. The Labute approximate surface area is 198 Å². The Balaban J connectivity index is 1.41. The van der Waals surface area contributed by atoms with Crippen molar-refractivity contribution in [3.63, 3.8) is 0 Å². The number of anilines is 1. The van der Waals surface area contributed by atoms with Gasteiger partial charge < -0.3 is 4.90 Å². The largest absolute Gasteiger partial charge is 0.353 e. The highest BCUT2D eigenvalue weighted by Gasteiger charge is 2.30. The molecule has 7 nitrogen and oxygen atoms in total. The fourth-order valence-electron chi connectivity index (χ4n) is 4.17. The minimum Gasteiger partial charge on any atom is -0.353 e. The normalized spacial score (nSPS) is 14.9. The summed E-state index contributed by atoms with van der Waals surface area (Å²) >= 11 is 0. The number of benzene rings is 3. The highest BCUT2D eigenvalue weighted by Crippen LogP contribution is 2.29. The molecule has 1 aromatic heterocycles. The van der Waals surface area contributed by atoms with Crippen LogP contribution in [-0.2, 0) is 10.0 Å². The molecular formula is C26H24N4O3S. The lowest BCUT2D eigenvalue weighted by Gasteiger charge is -2.35. The maximum absolute atomic E-state index is 13.2. The van der Waals surface area contributed by atoms with Crippen molar-refractivity contribution in [3.05, 3.63) is 84.4 Å². The van der Waals surface area contributed by atoms with Crippen molar-refractivity contribution < 1.29 is 13.2 Å². The van der Waals surface area contributed by atoms with Gasteiger partial charge in [0.25, 0.3) is 0 Å².